The third kappa shape index (κ3) is 3.04. The molecular formula is C12H9BrN2O2. The van der Waals surface area contributed by atoms with Gasteiger partial charge in [0.2, 0.25) is 0 Å². The summed E-state index contributed by atoms with van der Waals surface area (Å²) in [5.74, 6) is -0.141. The van der Waals surface area contributed by atoms with Gasteiger partial charge in [-0.05, 0) is 40.2 Å². The van der Waals surface area contributed by atoms with Crippen molar-refractivity contribution in [3.05, 3.63) is 52.8 Å². The van der Waals surface area contributed by atoms with E-state index in [1.165, 1.54) is 6.07 Å². The molecule has 0 fully saturated rings. The lowest BCUT2D eigenvalue weighted by molar-refractivity contribution is 0.102. The van der Waals surface area contributed by atoms with Crippen LogP contribution in [-0.4, -0.2) is 16.0 Å². The summed E-state index contributed by atoms with van der Waals surface area (Å²) in [5.41, 5.74) is 1.04. The molecule has 0 aliphatic heterocycles. The fourth-order valence-electron chi connectivity index (χ4n) is 1.33. The van der Waals surface area contributed by atoms with Gasteiger partial charge in [-0.3, -0.25) is 4.79 Å². The van der Waals surface area contributed by atoms with Crippen LogP contribution >= 0.6 is 15.9 Å². The molecule has 0 unspecified atom stereocenters. The lowest BCUT2D eigenvalue weighted by Gasteiger charge is -2.05. The number of hydrogen-bond acceptors (Lipinski definition) is 3. The lowest BCUT2D eigenvalue weighted by Crippen LogP contribution is -2.11. The van der Waals surface area contributed by atoms with Gasteiger partial charge in [-0.15, -0.1) is 0 Å². The van der Waals surface area contributed by atoms with Crippen LogP contribution in [0.3, 0.4) is 0 Å². The number of phenolic OH excluding ortho intramolecular Hbond substituents is 1. The first-order chi connectivity index (χ1) is 8.15. The fourth-order valence-corrected chi connectivity index (χ4v) is 1.70. The minimum atomic E-state index is -0.251. The molecule has 0 spiro atoms. The van der Waals surface area contributed by atoms with Gasteiger partial charge in [-0.2, -0.15) is 0 Å². The van der Waals surface area contributed by atoms with E-state index in [2.05, 4.69) is 26.2 Å². The molecule has 0 aliphatic rings. The van der Waals surface area contributed by atoms with E-state index in [1.54, 1.807) is 36.5 Å². The first-order valence-corrected chi connectivity index (χ1v) is 5.66. The first-order valence-electron chi connectivity index (χ1n) is 4.87. The highest BCUT2D eigenvalue weighted by molar-refractivity contribution is 9.10. The van der Waals surface area contributed by atoms with Crippen LogP contribution in [-0.2, 0) is 0 Å². The molecule has 2 aromatic rings. The summed E-state index contributed by atoms with van der Waals surface area (Å²) in [5, 5.41) is 12.0. The van der Waals surface area contributed by atoms with E-state index >= 15 is 0 Å². The molecule has 1 heterocycles. The highest BCUT2D eigenvalue weighted by atomic mass is 79.9. The zero-order valence-corrected chi connectivity index (χ0v) is 10.3. The molecule has 0 saturated carbocycles. The molecule has 1 amide bonds. The highest BCUT2D eigenvalue weighted by Crippen LogP contribution is 2.16. The lowest BCUT2D eigenvalue weighted by atomic mass is 10.2. The Hall–Kier alpha value is -1.88. The molecule has 2 rings (SSSR count). The topological polar surface area (TPSA) is 62.2 Å². The van der Waals surface area contributed by atoms with Crippen LogP contribution in [0.4, 0.5) is 5.69 Å². The number of amides is 1. The van der Waals surface area contributed by atoms with Gasteiger partial charge < -0.3 is 10.4 Å². The van der Waals surface area contributed by atoms with Crippen LogP contribution in [0.5, 0.6) is 5.75 Å². The average molecular weight is 293 g/mol. The maximum absolute atomic E-state index is 11.8. The van der Waals surface area contributed by atoms with Crippen molar-refractivity contribution in [2.75, 3.05) is 5.32 Å². The Bertz CT molecular complexity index is 558. The molecule has 0 radical (unpaired) electrons. The summed E-state index contributed by atoms with van der Waals surface area (Å²) in [6, 6.07) is 9.62. The summed E-state index contributed by atoms with van der Waals surface area (Å²) in [7, 11) is 0. The number of phenols is 1. The number of anilines is 1. The zero-order chi connectivity index (χ0) is 12.3. The maximum atomic E-state index is 11.8. The largest absolute Gasteiger partial charge is 0.508 e. The van der Waals surface area contributed by atoms with E-state index in [1.807, 2.05) is 0 Å². The van der Waals surface area contributed by atoms with Crippen molar-refractivity contribution in [1.29, 1.82) is 0 Å². The SMILES string of the molecule is O=C(Nc1cccc(O)c1)c1ccnc(Br)c1. The van der Waals surface area contributed by atoms with Crippen LogP contribution in [0.1, 0.15) is 10.4 Å². The first kappa shape index (κ1) is 11.6. The summed E-state index contributed by atoms with van der Waals surface area (Å²) in [6.07, 6.45) is 1.54. The Morgan fingerprint density at radius 1 is 1.29 bits per heavy atom. The molecule has 4 nitrogen and oxygen atoms in total. The number of nitrogens with zero attached hydrogens (tertiary/aromatic N) is 1. The van der Waals surface area contributed by atoms with Gasteiger partial charge in [-0.1, -0.05) is 6.07 Å². The summed E-state index contributed by atoms with van der Waals surface area (Å²) in [6.45, 7) is 0. The highest BCUT2D eigenvalue weighted by Gasteiger charge is 2.06. The predicted molar refractivity (Wildman–Crippen MR) is 68.0 cm³/mol. The van der Waals surface area contributed by atoms with Gasteiger partial charge >= 0.3 is 0 Å². The third-order valence-electron chi connectivity index (χ3n) is 2.09. The second-order valence-corrected chi connectivity index (χ2v) is 4.18. The number of aromatic hydroxyl groups is 1. The zero-order valence-electron chi connectivity index (χ0n) is 8.72. The Kier molecular flexibility index (Phi) is 3.39. The number of hydrogen-bond donors (Lipinski definition) is 2. The van der Waals surface area contributed by atoms with Gasteiger partial charge in [0.25, 0.3) is 5.91 Å². The Morgan fingerprint density at radius 3 is 2.82 bits per heavy atom. The number of rotatable bonds is 2. The van der Waals surface area contributed by atoms with Gasteiger partial charge in [0.1, 0.15) is 10.4 Å². The van der Waals surface area contributed by atoms with Gasteiger partial charge in [0.05, 0.1) is 0 Å². The molecule has 0 atom stereocenters. The number of halogens is 1. The van der Waals surface area contributed by atoms with Gasteiger partial charge in [0, 0.05) is 23.5 Å². The molecule has 17 heavy (non-hydrogen) atoms. The molecule has 1 aromatic carbocycles. The molecule has 0 bridgehead atoms. The standard InChI is InChI=1S/C12H9BrN2O2/c13-11-6-8(4-5-14-11)12(17)15-9-2-1-3-10(16)7-9/h1-7,16H,(H,15,17). The minimum absolute atomic E-state index is 0.110. The second kappa shape index (κ2) is 4.97. The molecule has 1 aromatic heterocycles. The average Bonchev–Trinajstić information content (AvgIpc) is 2.29. The normalized spacial score (nSPS) is 9.94. The van der Waals surface area contributed by atoms with E-state index in [9.17, 15) is 9.90 Å². The monoisotopic (exact) mass is 292 g/mol. The van der Waals surface area contributed by atoms with Crippen LogP contribution in [0.2, 0.25) is 0 Å². The minimum Gasteiger partial charge on any atom is -0.508 e. The van der Waals surface area contributed by atoms with Gasteiger partial charge in [-0.25, -0.2) is 4.98 Å². The number of benzene rings is 1. The van der Waals surface area contributed by atoms with Crippen molar-refractivity contribution in [3.8, 4) is 5.75 Å². The van der Waals surface area contributed by atoms with Crippen molar-refractivity contribution < 1.29 is 9.90 Å². The third-order valence-corrected chi connectivity index (χ3v) is 2.53. The number of nitrogens with one attached hydrogen (secondary N) is 1. The summed E-state index contributed by atoms with van der Waals surface area (Å²) >= 11 is 3.20. The molecule has 5 heteroatoms. The molecular weight excluding hydrogens is 284 g/mol. The summed E-state index contributed by atoms with van der Waals surface area (Å²) < 4.78 is 0.598. The second-order valence-electron chi connectivity index (χ2n) is 3.37. The van der Waals surface area contributed by atoms with E-state index in [-0.39, 0.29) is 11.7 Å². The Balaban J connectivity index is 2.17. The van der Waals surface area contributed by atoms with Crippen molar-refractivity contribution in [2.24, 2.45) is 0 Å². The van der Waals surface area contributed by atoms with E-state index in [0.717, 1.165) is 0 Å². The number of aromatic nitrogens is 1. The van der Waals surface area contributed by atoms with E-state index < -0.39 is 0 Å². The molecule has 0 aliphatic carbocycles. The van der Waals surface area contributed by atoms with Crippen LogP contribution in [0, 0.1) is 0 Å². The van der Waals surface area contributed by atoms with Crippen molar-refractivity contribution >= 4 is 27.5 Å². The maximum Gasteiger partial charge on any atom is 0.255 e. The Morgan fingerprint density at radius 2 is 2.12 bits per heavy atom. The van der Waals surface area contributed by atoms with Crippen molar-refractivity contribution in [3.63, 3.8) is 0 Å². The van der Waals surface area contributed by atoms with Crippen molar-refractivity contribution in [2.45, 2.75) is 0 Å². The number of carbonyl (C=O) groups excluding carboxylic acids is 1. The number of pyridine rings is 1. The molecule has 86 valence electrons. The van der Waals surface area contributed by atoms with Crippen molar-refractivity contribution in [1.82, 2.24) is 4.98 Å². The fraction of sp³-hybridized carbons (Fsp3) is 0. The quantitative estimate of drug-likeness (QED) is 0.837. The Labute approximate surface area is 106 Å². The summed E-state index contributed by atoms with van der Waals surface area (Å²) in [4.78, 5) is 15.8. The molecule has 2 N–H and O–H groups in total. The smallest absolute Gasteiger partial charge is 0.255 e. The number of carbonyl (C=O) groups is 1. The van der Waals surface area contributed by atoms with Crippen LogP contribution in [0.15, 0.2) is 47.2 Å². The van der Waals surface area contributed by atoms with E-state index in [4.69, 9.17) is 0 Å². The predicted octanol–water partition coefficient (Wildman–Crippen LogP) is 2.80. The van der Waals surface area contributed by atoms with Crippen LogP contribution in [0.25, 0.3) is 0 Å². The van der Waals surface area contributed by atoms with Crippen LogP contribution < -0.4 is 5.32 Å². The van der Waals surface area contributed by atoms with E-state index in [0.29, 0.717) is 15.9 Å². The molecule has 0 saturated heterocycles. The van der Waals surface area contributed by atoms with Gasteiger partial charge in [0.15, 0.2) is 0 Å².